The summed E-state index contributed by atoms with van der Waals surface area (Å²) in [4.78, 5) is 4.94. The summed E-state index contributed by atoms with van der Waals surface area (Å²) in [5.74, 6) is 0.484. The Morgan fingerprint density at radius 1 is 0.810 bits per heavy atom. The fraction of sp³-hybridized carbons (Fsp3) is 0. The quantitative estimate of drug-likeness (QED) is 0.377. The van der Waals surface area contributed by atoms with Crippen LogP contribution in [0.4, 0.5) is 5.69 Å². The van der Waals surface area contributed by atoms with Gasteiger partial charge in [-0.2, -0.15) is 4.36 Å². The first-order valence-corrected chi connectivity index (χ1v) is 9.15. The molecule has 1 heterocycles. The number of amidine groups is 1. The Hall–Kier alpha value is -0.290. The van der Waals surface area contributed by atoms with Gasteiger partial charge in [-0.05, 0) is 10.7 Å². The summed E-state index contributed by atoms with van der Waals surface area (Å²) in [5, 5.41) is 0.782. The lowest BCUT2D eigenvalue weighted by Gasteiger charge is -2.17. The van der Waals surface area contributed by atoms with Crippen LogP contribution in [0.25, 0.3) is 0 Å². The van der Waals surface area contributed by atoms with Crippen LogP contribution in [0, 0.1) is 0 Å². The summed E-state index contributed by atoms with van der Waals surface area (Å²) in [5.41, 5.74) is 1.25. The van der Waals surface area contributed by atoms with Crippen molar-refractivity contribution in [1.29, 1.82) is 0 Å². The van der Waals surface area contributed by atoms with E-state index in [1.54, 1.807) is 0 Å². The molecule has 21 heavy (non-hydrogen) atoms. The minimum absolute atomic E-state index is 0.161. The summed E-state index contributed by atoms with van der Waals surface area (Å²) in [6.07, 6.45) is 0. The van der Waals surface area contributed by atoms with Gasteiger partial charge in [-0.1, -0.05) is 76.7 Å². The molecule has 0 aromatic heterocycles. The molecule has 0 saturated carbocycles. The lowest BCUT2D eigenvalue weighted by atomic mass is 10.2. The number of fused-ring (bicyclic) bond motifs is 1. The molecule has 0 bridgehead atoms. The van der Waals surface area contributed by atoms with Crippen molar-refractivity contribution >= 4 is 78.5 Å². The lowest BCUT2D eigenvalue weighted by molar-refractivity contribution is 1.33. The van der Waals surface area contributed by atoms with Crippen LogP contribution in [0.2, 0.25) is 20.1 Å². The number of hydrogen-bond donors (Lipinski definition) is 0. The van der Waals surface area contributed by atoms with E-state index in [-0.39, 0.29) is 20.1 Å². The molecule has 1 atom stereocenters. The summed E-state index contributed by atoms with van der Waals surface area (Å²) < 4.78 is 4.36. The van der Waals surface area contributed by atoms with Crippen LogP contribution in [0.1, 0.15) is 5.56 Å². The minimum atomic E-state index is -1.03. The molecule has 3 rings (SSSR count). The van der Waals surface area contributed by atoms with Crippen LogP contribution < -0.4 is 0 Å². The Kier molecular flexibility index (Phi) is 4.51. The molecule has 2 nitrogen and oxygen atoms in total. The molecule has 8 heteroatoms. The first-order valence-electron chi connectivity index (χ1n) is 5.63. The van der Waals surface area contributed by atoms with Crippen molar-refractivity contribution in [3.8, 4) is 0 Å². The van der Waals surface area contributed by atoms with Crippen LogP contribution in [0.3, 0.4) is 0 Å². The molecule has 2 aromatic carbocycles. The Balaban J connectivity index is 2.29. The van der Waals surface area contributed by atoms with Crippen molar-refractivity contribution in [3.63, 3.8) is 0 Å². The van der Waals surface area contributed by atoms with Gasteiger partial charge < -0.3 is 0 Å². The van der Waals surface area contributed by atoms with E-state index in [1.165, 1.54) is 0 Å². The number of benzene rings is 2. The topological polar surface area (TPSA) is 24.7 Å². The van der Waals surface area contributed by atoms with E-state index in [0.717, 1.165) is 5.56 Å². The van der Waals surface area contributed by atoms with Crippen molar-refractivity contribution in [2.45, 2.75) is 4.90 Å². The monoisotopic (exact) mass is 396 g/mol. The molecular formula is C13H5Cl5N2S. The maximum absolute atomic E-state index is 6.33. The van der Waals surface area contributed by atoms with Crippen molar-refractivity contribution in [2.24, 2.45) is 9.36 Å². The highest BCUT2D eigenvalue weighted by Crippen LogP contribution is 2.49. The summed E-state index contributed by atoms with van der Waals surface area (Å²) in [6, 6.07) is 9.45. The number of aliphatic imine (C=N–C) groups is 1. The van der Waals surface area contributed by atoms with Gasteiger partial charge in [0.05, 0.1) is 25.0 Å². The van der Waals surface area contributed by atoms with Crippen LogP contribution in [0.15, 0.2) is 44.6 Å². The second-order valence-corrected chi connectivity index (χ2v) is 7.52. The number of halogens is 5. The van der Waals surface area contributed by atoms with Crippen LogP contribution >= 0.6 is 57.1 Å². The van der Waals surface area contributed by atoms with Gasteiger partial charge in [0, 0.05) is 15.5 Å². The van der Waals surface area contributed by atoms with E-state index < -0.39 is 9.90 Å². The molecule has 1 aliphatic rings. The van der Waals surface area contributed by atoms with Crippen molar-refractivity contribution in [3.05, 3.63) is 56.0 Å². The maximum Gasteiger partial charge on any atom is 0.168 e. The van der Waals surface area contributed by atoms with Crippen molar-refractivity contribution in [1.82, 2.24) is 0 Å². The molecule has 0 amide bonds. The first-order chi connectivity index (χ1) is 10.0. The minimum Gasteiger partial charge on any atom is -0.225 e. The molecular weight excluding hydrogens is 393 g/mol. The van der Waals surface area contributed by atoms with Gasteiger partial charge in [-0.25, -0.2) is 4.99 Å². The van der Waals surface area contributed by atoms with E-state index in [4.69, 9.17) is 57.1 Å². The van der Waals surface area contributed by atoms with Crippen LogP contribution in [0.5, 0.6) is 0 Å². The summed E-state index contributed by atoms with van der Waals surface area (Å²) in [7, 11) is 5.30. The Morgan fingerprint density at radius 3 is 2.10 bits per heavy atom. The van der Waals surface area contributed by atoms with E-state index in [2.05, 4.69) is 9.36 Å². The van der Waals surface area contributed by atoms with Gasteiger partial charge in [0.15, 0.2) is 5.84 Å². The fourth-order valence-electron chi connectivity index (χ4n) is 1.81. The molecule has 0 N–H and O–H groups in total. The molecule has 1 unspecified atom stereocenters. The zero-order valence-electron chi connectivity index (χ0n) is 10.1. The molecule has 0 fully saturated rings. The largest absolute Gasteiger partial charge is 0.225 e. The van der Waals surface area contributed by atoms with Gasteiger partial charge in [0.1, 0.15) is 5.69 Å². The van der Waals surface area contributed by atoms with E-state index >= 15 is 0 Å². The molecule has 0 aliphatic carbocycles. The Bertz CT molecular complexity index is 802. The lowest BCUT2D eigenvalue weighted by Crippen LogP contribution is -2.04. The second kappa shape index (κ2) is 6.07. The Morgan fingerprint density at radius 2 is 1.43 bits per heavy atom. The standard InChI is InChI=1S/C13H5Cl5N2S/c14-7-8(15)10(17)12-11(9(7)16)19-13(20-21(12)18)6-4-2-1-3-5-6/h1-5H. The summed E-state index contributed by atoms with van der Waals surface area (Å²) in [6.45, 7) is 0. The van der Waals surface area contributed by atoms with Crippen LogP contribution in [-0.2, 0) is 9.90 Å². The smallest absolute Gasteiger partial charge is 0.168 e. The predicted octanol–water partition coefficient (Wildman–Crippen LogP) is 6.71. The number of nitrogens with zero attached hydrogens (tertiary/aromatic N) is 2. The van der Waals surface area contributed by atoms with E-state index in [0.29, 0.717) is 16.4 Å². The Labute approximate surface area is 148 Å². The molecule has 1 aliphatic heterocycles. The van der Waals surface area contributed by atoms with Gasteiger partial charge in [-0.3, -0.25) is 0 Å². The van der Waals surface area contributed by atoms with Gasteiger partial charge in [0.2, 0.25) is 0 Å². The zero-order chi connectivity index (χ0) is 15.1. The zero-order valence-corrected chi connectivity index (χ0v) is 14.7. The first kappa shape index (κ1) is 15.6. The molecule has 0 spiro atoms. The third-order valence-corrected chi connectivity index (χ3v) is 6.43. The highest BCUT2D eigenvalue weighted by atomic mass is 35.7. The maximum atomic E-state index is 6.33. The number of hydrogen-bond acceptors (Lipinski definition) is 2. The third-order valence-electron chi connectivity index (χ3n) is 2.79. The molecule has 0 saturated heterocycles. The van der Waals surface area contributed by atoms with Crippen molar-refractivity contribution < 1.29 is 0 Å². The van der Waals surface area contributed by atoms with Crippen LogP contribution in [-0.4, -0.2) is 5.84 Å². The molecule has 0 radical (unpaired) electrons. The van der Waals surface area contributed by atoms with Gasteiger partial charge in [-0.15, -0.1) is 0 Å². The normalized spacial score (nSPS) is 17.0. The fourth-order valence-corrected chi connectivity index (χ4v) is 4.73. The summed E-state index contributed by atoms with van der Waals surface area (Å²) >= 11 is 24.5. The predicted molar refractivity (Wildman–Crippen MR) is 93.0 cm³/mol. The third kappa shape index (κ3) is 2.72. The van der Waals surface area contributed by atoms with Gasteiger partial charge in [0.25, 0.3) is 0 Å². The van der Waals surface area contributed by atoms with Gasteiger partial charge >= 0.3 is 0 Å². The molecule has 108 valence electrons. The SMILES string of the molecule is Clc1c(Cl)c(Cl)c2c(c1Cl)N=C(c1ccccc1)N=S2Cl. The highest BCUT2D eigenvalue weighted by Gasteiger charge is 2.26. The average Bonchev–Trinajstić information content (AvgIpc) is 2.51. The van der Waals surface area contributed by atoms with E-state index in [1.807, 2.05) is 30.3 Å². The number of rotatable bonds is 1. The highest BCUT2D eigenvalue weighted by molar-refractivity contribution is 8.10. The average molecular weight is 399 g/mol. The van der Waals surface area contributed by atoms with E-state index in [9.17, 15) is 0 Å². The van der Waals surface area contributed by atoms with Crippen molar-refractivity contribution in [2.75, 3.05) is 0 Å². The second-order valence-electron chi connectivity index (χ2n) is 4.06. The molecule has 2 aromatic rings.